The fourth-order valence-corrected chi connectivity index (χ4v) is 2.15. The van der Waals surface area contributed by atoms with E-state index in [1.165, 1.54) is 5.56 Å². The van der Waals surface area contributed by atoms with Crippen LogP contribution in [0.25, 0.3) is 0 Å². The zero-order valence-corrected chi connectivity index (χ0v) is 10.0. The smallest absolute Gasteiger partial charge is 0.128 e. The van der Waals surface area contributed by atoms with Crippen molar-refractivity contribution in [2.75, 3.05) is 18.0 Å². The molecule has 82 valence electrons. The Morgan fingerprint density at radius 2 is 2.27 bits per heavy atom. The molecule has 1 aliphatic heterocycles. The van der Waals surface area contributed by atoms with Crippen molar-refractivity contribution >= 4 is 17.4 Å². The average molecular weight is 225 g/mol. The van der Waals surface area contributed by atoms with Gasteiger partial charge in [-0.3, -0.25) is 0 Å². The van der Waals surface area contributed by atoms with Crippen LogP contribution in [0, 0.1) is 12.8 Å². The van der Waals surface area contributed by atoms with Gasteiger partial charge in [-0.2, -0.15) is 0 Å². The number of hydrogen-bond donors (Lipinski definition) is 0. The van der Waals surface area contributed by atoms with E-state index in [9.17, 15) is 0 Å². The van der Waals surface area contributed by atoms with E-state index in [1.54, 1.807) is 0 Å². The summed E-state index contributed by atoms with van der Waals surface area (Å²) in [5.41, 5.74) is 1.21. The van der Waals surface area contributed by atoms with E-state index in [1.807, 2.05) is 6.20 Å². The van der Waals surface area contributed by atoms with E-state index >= 15 is 0 Å². The number of aromatic nitrogens is 1. The van der Waals surface area contributed by atoms with Crippen LogP contribution in [-0.4, -0.2) is 23.5 Å². The highest BCUT2D eigenvalue weighted by Crippen LogP contribution is 2.24. The van der Waals surface area contributed by atoms with Crippen LogP contribution in [0.3, 0.4) is 0 Å². The van der Waals surface area contributed by atoms with Gasteiger partial charge < -0.3 is 4.90 Å². The van der Waals surface area contributed by atoms with Gasteiger partial charge in [0.1, 0.15) is 5.82 Å². The van der Waals surface area contributed by atoms with E-state index in [4.69, 9.17) is 11.6 Å². The highest BCUT2D eigenvalue weighted by Gasteiger charge is 2.24. The second-order valence-electron chi connectivity index (χ2n) is 4.42. The van der Waals surface area contributed by atoms with Gasteiger partial charge in [0.15, 0.2) is 0 Å². The third-order valence-corrected chi connectivity index (χ3v) is 3.67. The first-order valence-corrected chi connectivity index (χ1v) is 5.92. The largest absolute Gasteiger partial charge is 0.356 e. The SMILES string of the molecule is Cc1ccc(N2CCC(Cl)C(C)C2)nc1. The Balaban J connectivity index is 2.08. The predicted molar refractivity (Wildman–Crippen MR) is 64.6 cm³/mol. The fourth-order valence-electron chi connectivity index (χ4n) is 1.97. The standard InChI is InChI=1S/C12H17ClN2/c1-9-3-4-12(14-7-9)15-6-5-11(13)10(2)8-15/h3-4,7,10-11H,5-6,8H2,1-2H3. The van der Waals surface area contributed by atoms with Gasteiger partial charge in [0.05, 0.1) is 0 Å². The number of halogens is 1. The summed E-state index contributed by atoms with van der Waals surface area (Å²) < 4.78 is 0. The molecule has 1 aliphatic rings. The molecule has 1 aromatic heterocycles. The second kappa shape index (κ2) is 4.40. The maximum atomic E-state index is 6.20. The number of hydrogen-bond acceptors (Lipinski definition) is 2. The molecule has 3 heteroatoms. The van der Waals surface area contributed by atoms with Crippen molar-refractivity contribution in [1.82, 2.24) is 4.98 Å². The summed E-state index contributed by atoms with van der Waals surface area (Å²) in [5.74, 6) is 1.62. The number of piperidine rings is 1. The molecular formula is C12H17ClN2. The Morgan fingerprint density at radius 3 is 2.87 bits per heavy atom. The lowest BCUT2D eigenvalue weighted by molar-refractivity contribution is 0.452. The topological polar surface area (TPSA) is 16.1 Å². The molecule has 15 heavy (non-hydrogen) atoms. The van der Waals surface area contributed by atoms with Gasteiger partial charge in [0.25, 0.3) is 0 Å². The van der Waals surface area contributed by atoms with Crippen molar-refractivity contribution in [2.24, 2.45) is 5.92 Å². The van der Waals surface area contributed by atoms with Gasteiger partial charge in [-0.25, -0.2) is 4.98 Å². The first kappa shape index (κ1) is 10.7. The van der Waals surface area contributed by atoms with Crippen LogP contribution in [0.1, 0.15) is 18.9 Å². The van der Waals surface area contributed by atoms with Gasteiger partial charge in [-0.05, 0) is 30.9 Å². The van der Waals surface area contributed by atoms with Gasteiger partial charge in [-0.1, -0.05) is 13.0 Å². The molecule has 1 saturated heterocycles. The van der Waals surface area contributed by atoms with Crippen LogP contribution in [0.15, 0.2) is 18.3 Å². The lowest BCUT2D eigenvalue weighted by Crippen LogP contribution is -2.40. The Hall–Kier alpha value is -0.760. The molecule has 2 atom stereocenters. The molecule has 2 unspecified atom stereocenters. The van der Waals surface area contributed by atoms with E-state index in [0.717, 1.165) is 25.3 Å². The van der Waals surface area contributed by atoms with Crippen LogP contribution in [0.2, 0.25) is 0 Å². The summed E-state index contributed by atoms with van der Waals surface area (Å²) in [4.78, 5) is 6.77. The molecule has 0 bridgehead atoms. The molecule has 2 nitrogen and oxygen atoms in total. The number of nitrogens with zero attached hydrogens (tertiary/aromatic N) is 2. The van der Waals surface area contributed by atoms with Crippen molar-refractivity contribution in [1.29, 1.82) is 0 Å². The van der Waals surface area contributed by atoms with Crippen molar-refractivity contribution in [3.8, 4) is 0 Å². The van der Waals surface area contributed by atoms with Crippen molar-refractivity contribution < 1.29 is 0 Å². The maximum absolute atomic E-state index is 6.20. The van der Waals surface area contributed by atoms with Gasteiger partial charge in [0.2, 0.25) is 0 Å². The second-order valence-corrected chi connectivity index (χ2v) is 4.98. The lowest BCUT2D eigenvalue weighted by atomic mass is 9.99. The van der Waals surface area contributed by atoms with Crippen molar-refractivity contribution in [3.63, 3.8) is 0 Å². The summed E-state index contributed by atoms with van der Waals surface area (Å²) in [6.45, 7) is 6.31. The highest BCUT2D eigenvalue weighted by molar-refractivity contribution is 6.20. The summed E-state index contributed by atoms with van der Waals surface area (Å²) in [5, 5.41) is 0.326. The maximum Gasteiger partial charge on any atom is 0.128 e. The molecule has 0 radical (unpaired) electrons. The van der Waals surface area contributed by atoms with E-state index in [2.05, 4.69) is 35.9 Å². The lowest BCUT2D eigenvalue weighted by Gasteiger charge is -2.34. The van der Waals surface area contributed by atoms with E-state index in [-0.39, 0.29) is 0 Å². The number of pyridine rings is 1. The Morgan fingerprint density at radius 1 is 1.47 bits per heavy atom. The molecule has 0 N–H and O–H groups in total. The summed E-state index contributed by atoms with van der Waals surface area (Å²) >= 11 is 6.20. The van der Waals surface area contributed by atoms with Crippen molar-refractivity contribution in [3.05, 3.63) is 23.9 Å². The Bertz CT molecular complexity index is 323. The number of rotatable bonds is 1. The minimum atomic E-state index is 0.326. The first-order valence-electron chi connectivity index (χ1n) is 5.48. The van der Waals surface area contributed by atoms with Crippen LogP contribution in [-0.2, 0) is 0 Å². The van der Waals surface area contributed by atoms with Crippen LogP contribution >= 0.6 is 11.6 Å². The Labute approximate surface area is 96.3 Å². The van der Waals surface area contributed by atoms with Crippen LogP contribution in [0.4, 0.5) is 5.82 Å². The summed E-state index contributed by atoms with van der Waals surface area (Å²) in [6, 6.07) is 4.20. The number of alkyl halides is 1. The zero-order valence-electron chi connectivity index (χ0n) is 9.28. The van der Waals surface area contributed by atoms with Gasteiger partial charge >= 0.3 is 0 Å². The van der Waals surface area contributed by atoms with Gasteiger partial charge in [-0.15, -0.1) is 11.6 Å². The minimum absolute atomic E-state index is 0.326. The predicted octanol–water partition coefficient (Wildman–Crippen LogP) is 2.84. The third-order valence-electron chi connectivity index (χ3n) is 3.02. The monoisotopic (exact) mass is 224 g/mol. The molecule has 1 aromatic rings. The number of aryl methyl sites for hydroxylation is 1. The molecule has 0 saturated carbocycles. The highest BCUT2D eigenvalue weighted by atomic mass is 35.5. The van der Waals surface area contributed by atoms with Crippen molar-refractivity contribution in [2.45, 2.75) is 25.6 Å². The summed E-state index contributed by atoms with van der Waals surface area (Å²) in [7, 11) is 0. The first-order chi connectivity index (χ1) is 7.16. The fraction of sp³-hybridized carbons (Fsp3) is 0.583. The van der Waals surface area contributed by atoms with E-state index in [0.29, 0.717) is 11.3 Å². The molecule has 0 amide bonds. The third kappa shape index (κ3) is 2.43. The molecular weight excluding hydrogens is 208 g/mol. The minimum Gasteiger partial charge on any atom is -0.356 e. The van der Waals surface area contributed by atoms with Gasteiger partial charge in [0, 0.05) is 24.7 Å². The number of anilines is 1. The molecule has 2 rings (SSSR count). The average Bonchev–Trinajstić information content (AvgIpc) is 2.23. The zero-order chi connectivity index (χ0) is 10.8. The summed E-state index contributed by atoms with van der Waals surface area (Å²) in [6.07, 6.45) is 2.98. The molecule has 0 spiro atoms. The molecule has 0 aromatic carbocycles. The van der Waals surface area contributed by atoms with Crippen LogP contribution < -0.4 is 4.90 Å². The van der Waals surface area contributed by atoms with E-state index < -0.39 is 0 Å². The molecule has 1 fully saturated rings. The molecule has 2 heterocycles. The molecule has 0 aliphatic carbocycles. The van der Waals surface area contributed by atoms with Crippen LogP contribution in [0.5, 0.6) is 0 Å². The normalized spacial score (nSPS) is 26.7. The quantitative estimate of drug-likeness (QED) is 0.682. The Kier molecular flexibility index (Phi) is 3.15.